The summed E-state index contributed by atoms with van der Waals surface area (Å²) in [5.74, 6) is 0. The number of thiazole rings is 1. The zero-order valence-electron chi connectivity index (χ0n) is 12.0. The number of fused-ring (bicyclic) bond motifs is 1. The van der Waals surface area contributed by atoms with Crippen molar-refractivity contribution in [2.75, 3.05) is 5.32 Å². The van der Waals surface area contributed by atoms with Gasteiger partial charge in [-0.15, -0.1) is 11.3 Å². The molecule has 5 heteroatoms. The molecule has 3 heterocycles. The molecule has 0 unspecified atom stereocenters. The average Bonchev–Trinajstić information content (AvgIpc) is 3.13. The summed E-state index contributed by atoms with van der Waals surface area (Å²) in [6.45, 7) is 2.08. The number of benzene rings is 1. The van der Waals surface area contributed by atoms with E-state index in [0.29, 0.717) is 0 Å². The number of hydrogen-bond acceptors (Lipinski definition) is 4. The fourth-order valence-electron chi connectivity index (χ4n) is 2.42. The second-order valence-corrected chi connectivity index (χ2v) is 5.96. The third-order valence-electron chi connectivity index (χ3n) is 3.45. The monoisotopic (exact) mass is 306 g/mol. The fraction of sp³-hybridized carbons (Fsp3) is 0.0588. The van der Waals surface area contributed by atoms with Crippen LogP contribution in [-0.4, -0.2) is 14.4 Å². The molecule has 0 aliphatic rings. The van der Waals surface area contributed by atoms with Crippen LogP contribution in [0.4, 0.5) is 10.8 Å². The van der Waals surface area contributed by atoms with Gasteiger partial charge in [0, 0.05) is 17.3 Å². The van der Waals surface area contributed by atoms with E-state index in [9.17, 15) is 0 Å². The Bertz CT molecular complexity index is 938. The van der Waals surface area contributed by atoms with E-state index in [0.717, 1.165) is 27.9 Å². The molecule has 4 aromatic rings. The number of anilines is 2. The summed E-state index contributed by atoms with van der Waals surface area (Å²) in [6.07, 6.45) is 3.87. The Morgan fingerprint density at radius 2 is 2.09 bits per heavy atom. The molecule has 1 N–H and O–H groups in total. The standard InChI is InChI=1S/C17H14N4S/c1-12-5-4-6-13(9-12)19-17-20-14(11-22-17)15-10-18-16-7-2-3-8-21(15)16/h2-11H,1H3,(H,19,20). The first-order valence-electron chi connectivity index (χ1n) is 7.01. The van der Waals surface area contributed by atoms with Crippen LogP contribution in [0.25, 0.3) is 17.0 Å². The highest BCUT2D eigenvalue weighted by Gasteiger charge is 2.09. The van der Waals surface area contributed by atoms with Crippen molar-refractivity contribution in [1.82, 2.24) is 14.4 Å². The molecule has 4 rings (SSSR count). The lowest BCUT2D eigenvalue weighted by atomic mass is 10.2. The number of hydrogen-bond donors (Lipinski definition) is 1. The number of aromatic nitrogens is 3. The van der Waals surface area contributed by atoms with Gasteiger partial charge >= 0.3 is 0 Å². The van der Waals surface area contributed by atoms with Crippen molar-refractivity contribution in [1.29, 1.82) is 0 Å². The Morgan fingerprint density at radius 1 is 1.14 bits per heavy atom. The minimum atomic E-state index is 0.881. The van der Waals surface area contributed by atoms with Crippen molar-refractivity contribution in [2.45, 2.75) is 6.92 Å². The third-order valence-corrected chi connectivity index (χ3v) is 4.21. The Labute approximate surface area is 132 Å². The second kappa shape index (κ2) is 5.27. The lowest BCUT2D eigenvalue weighted by Gasteiger charge is -2.03. The van der Waals surface area contributed by atoms with Gasteiger partial charge in [-0.05, 0) is 36.8 Å². The van der Waals surface area contributed by atoms with Crippen LogP contribution in [0, 0.1) is 6.92 Å². The predicted octanol–water partition coefficient (Wildman–Crippen LogP) is 4.51. The van der Waals surface area contributed by atoms with Crippen LogP contribution >= 0.6 is 11.3 Å². The number of aryl methyl sites for hydroxylation is 1. The minimum absolute atomic E-state index is 0.881. The Hall–Kier alpha value is -2.66. The summed E-state index contributed by atoms with van der Waals surface area (Å²) in [5, 5.41) is 6.28. The molecule has 22 heavy (non-hydrogen) atoms. The molecule has 0 spiro atoms. The van der Waals surface area contributed by atoms with Crippen molar-refractivity contribution >= 4 is 27.8 Å². The number of pyridine rings is 1. The SMILES string of the molecule is Cc1cccc(Nc2nc(-c3cnc4ccccn34)cs2)c1. The van der Waals surface area contributed by atoms with Crippen molar-refractivity contribution in [3.8, 4) is 11.4 Å². The molecule has 0 atom stereocenters. The molecule has 0 fully saturated rings. The Balaban J connectivity index is 1.67. The van der Waals surface area contributed by atoms with Gasteiger partial charge in [0.05, 0.1) is 11.9 Å². The molecule has 0 aliphatic carbocycles. The minimum Gasteiger partial charge on any atom is -0.332 e. The lowest BCUT2D eigenvalue weighted by Crippen LogP contribution is -1.91. The molecular formula is C17H14N4S. The van der Waals surface area contributed by atoms with Gasteiger partial charge in [-0.2, -0.15) is 0 Å². The molecule has 0 bridgehead atoms. The molecule has 0 amide bonds. The first kappa shape index (κ1) is 13.0. The summed E-state index contributed by atoms with van der Waals surface area (Å²) in [7, 11) is 0. The molecular weight excluding hydrogens is 292 g/mol. The maximum atomic E-state index is 4.67. The van der Waals surface area contributed by atoms with Gasteiger partial charge in [0.1, 0.15) is 11.3 Å². The zero-order valence-corrected chi connectivity index (χ0v) is 12.8. The average molecular weight is 306 g/mol. The molecule has 0 radical (unpaired) electrons. The first-order chi connectivity index (χ1) is 10.8. The quantitative estimate of drug-likeness (QED) is 0.605. The van der Waals surface area contributed by atoms with Gasteiger partial charge < -0.3 is 5.32 Å². The molecule has 1 aromatic carbocycles. The van der Waals surface area contributed by atoms with Crippen LogP contribution in [0.5, 0.6) is 0 Å². The van der Waals surface area contributed by atoms with Gasteiger partial charge in [0.15, 0.2) is 5.13 Å². The highest BCUT2D eigenvalue weighted by molar-refractivity contribution is 7.14. The molecule has 0 aliphatic heterocycles. The Kier molecular flexibility index (Phi) is 3.12. The molecule has 0 saturated carbocycles. The van der Waals surface area contributed by atoms with Crippen LogP contribution in [-0.2, 0) is 0 Å². The van der Waals surface area contributed by atoms with Gasteiger partial charge in [0.25, 0.3) is 0 Å². The Morgan fingerprint density at radius 3 is 3.00 bits per heavy atom. The maximum absolute atomic E-state index is 4.67. The van der Waals surface area contributed by atoms with Crippen molar-refractivity contribution < 1.29 is 0 Å². The van der Waals surface area contributed by atoms with Gasteiger partial charge in [0.2, 0.25) is 0 Å². The molecule has 3 aromatic heterocycles. The smallest absolute Gasteiger partial charge is 0.187 e. The van der Waals surface area contributed by atoms with E-state index < -0.39 is 0 Å². The van der Waals surface area contributed by atoms with Crippen molar-refractivity contribution in [3.63, 3.8) is 0 Å². The number of rotatable bonds is 3. The predicted molar refractivity (Wildman–Crippen MR) is 90.8 cm³/mol. The lowest BCUT2D eigenvalue weighted by molar-refractivity contribution is 1.18. The first-order valence-corrected chi connectivity index (χ1v) is 7.89. The third kappa shape index (κ3) is 2.35. The summed E-state index contributed by atoms with van der Waals surface area (Å²) in [4.78, 5) is 9.08. The van der Waals surface area contributed by atoms with E-state index in [-0.39, 0.29) is 0 Å². The largest absolute Gasteiger partial charge is 0.332 e. The van der Waals surface area contributed by atoms with E-state index in [1.54, 1.807) is 11.3 Å². The van der Waals surface area contributed by atoms with Crippen LogP contribution in [0.3, 0.4) is 0 Å². The summed E-state index contributed by atoms with van der Waals surface area (Å²) in [6, 6.07) is 14.2. The zero-order chi connectivity index (χ0) is 14.9. The normalized spacial score (nSPS) is 11.0. The highest BCUT2D eigenvalue weighted by atomic mass is 32.1. The highest BCUT2D eigenvalue weighted by Crippen LogP contribution is 2.27. The van der Waals surface area contributed by atoms with Gasteiger partial charge in [-0.3, -0.25) is 4.40 Å². The molecule has 0 saturated heterocycles. The fourth-order valence-corrected chi connectivity index (χ4v) is 3.14. The summed E-state index contributed by atoms with van der Waals surface area (Å²) < 4.78 is 2.05. The molecule has 4 nitrogen and oxygen atoms in total. The van der Waals surface area contributed by atoms with E-state index >= 15 is 0 Å². The van der Waals surface area contributed by atoms with E-state index in [1.807, 2.05) is 47.1 Å². The summed E-state index contributed by atoms with van der Waals surface area (Å²) >= 11 is 1.59. The van der Waals surface area contributed by atoms with Crippen LogP contribution in [0.15, 0.2) is 60.2 Å². The van der Waals surface area contributed by atoms with Crippen LogP contribution < -0.4 is 5.32 Å². The van der Waals surface area contributed by atoms with Crippen LogP contribution in [0.1, 0.15) is 5.56 Å². The van der Waals surface area contributed by atoms with E-state index in [2.05, 4.69) is 39.7 Å². The van der Waals surface area contributed by atoms with E-state index in [4.69, 9.17) is 0 Å². The maximum Gasteiger partial charge on any atom is 0.187 e. The topological polar surface area (TPSA) is 42.2 Å². The van der Waals surface area contributed by atoms with Gasteiger partial charge in [-0.25, -0.2) is 9.97 Å². The van der Waals surface area contributed by atoms with Crippen LogP contribution in [0.2, 0.25) is 0 Å². The number of nitrogens with zero attached hydrogens (tertiary/aromatic N) is 3. The van der Waals surface area contributed by atoms with Crippen molar-refractivity contribution in [3.05, 3.63) is 65.8 Å². The van der Waals surface area contributed by atoms with Crippen molar-refractivity contribution in [2.24, 2.45) is 0 Å². The second-order valence-electron chi connectivity index (χ2n) is 5.10. The van der Waals surface area contributed by atoms with E-state index in [1.165, 1.54) is 5.56 Å². The molecule has 108 valence electrons. The van der Waals surface area contributed by atoms with Gasteiger partial charge in [-0.1, -0.05) is 18.2 Å². The number of nitrogens with one attached hydrogen (secondary N) is 1. The number of imidazole rings is 1. The summed E-state index contributed by atoms with van der Waals surface area (Å²) in [5.41, 5.74) is 5.14.